The minimum absolute atomic E-state index is 0.329. The van der Waals surface area contributed by atoms with Gasteiger partial charge in [0.2, 0.25) is 0 Å². The summed E-state index contributed by atoms with van der Waals surface area (Å²) in [5, 5.41) is 17.6. The van der Waals surface area contributed by atoms with Crippen LogP contribution in [0.25, 0.3) is 0 Å². The Labute approximate surface area is 142 Å². The number of hydrogen-bond acceptors (Lipinski definition) is 6. The highest BCUT2D eigenvalue weighted by atomic mass is 16.5. The smallest absolute Gasteiger partial charge is 0.337 e. The van der Waals surface area contributed by atoms with Crippen LogP contribution < -0.4 is 0 Å². The number of carbonyl (C=O) groups excluding carboxylic acids is 2. The lowest BCUT2D eigenvalue weighted by atomic mass is 9.83. The second-order valence-electron chi connectivity index (χ2n) is 5.82. The Balaban J connectivity index is 0.000000254. The molecular formula is C18H26O6. The van der Waals surface area contributed by atoms with Gasteiger partial charge in [0.15, 0.2) is 0 Å². The Kier molecular flexibility index (Phi) is 9.04. The molecule has 1 aliphatic rings. The predicted octanol–water partition coefficient (Wildman–Crippen LogP) is 2.04. The Morgan fingerprint density at radius 3 is 1.58 bits per heavy atom. The summed E-state index contributed by atoms with van der Waals surface area (Å²) in [5.41, 5.74) is 0.658. The number of methoxy groups -OCH3 is 2. The molecule has 1 aromatic rings. The summed E-state index contributed by atoms with van der Waals surface area (Å²) in [7, 11) is 2.57. The first kappa shape index (κ1) is 20.1. The molecule has 1 aromatic carbocycles. The number of carbonyl (C=O) groups is 2. The van der Waals surface area contributed by atoms with E-state index in [0.717, 1.165) is 25.7 Å². The molecule has 0 heterocycles. The van der Waals surface area contributed by atoms with Crippen LogP contribution in [-0.4, -0.2) is 49.6 Å². The van der Waals surface area contributed by atoms with Crippen molar-refractivity contribution < 1.29 is 29.3 Å². The summed E-state index contributed by atoms with van der Waals surface area (Å²) in [6.07, 6.45) is 4.40. The van der Waals surface area contributed by atoms with Gasteiger partial charge in [-0.2, -0.15) is 0 Å². The van der Waals surface area contributed by atoms with Gasteiger partial charge in [0, 0.05) is 13.2 Å². The van der Waals surface area contributed by atoms with Gasteiger partial charge in [-0.15, -0.1) is 0 Å². The summed E-state index contributed by atoms with van der Waals surface area (Å²) in [6, 6.07) is 6.16. The van der Waals surface area contributed by atoms with Crippen LogP contribution in [0.2, 0.25) is 0 Å². The summed E-state index contributed by atoms with van der Waals surface area (Å²) < 4.78 is 9.03. The lowest BCUT2D eigenvalue weighted by Crippen LogP contribution is -2.19. The molecule has 0 saturated heterocycles. The van der Waals surface area contributed by atoms with Crippen LogP contribution in [0.5, 0.6) is 0 Å². The van der Waals surface area contributed by atoms with E-state index in [9.17, 15) is 9.59 Å². The molecule has 0 atom stereocenters. The van der Waals surface area contributed by atoms with Crippen LogP contribution in [0.1, 0.15) is 46.4 Å². The van der Waals surface area contributed by atoms with E-state index in [0.29, 0.717) is 36.2 Å². The van der Waals surface area contributed by atoms with Gasteiger partial charge < -0.3 is 19.7 Å². The first-order valence-corrected chi connectivity index (χ1v) is 8.04. The van der Waals surface area contributed by atoms with E-state index in [2.05, 4.69) is 9.47 Å². The molecule has 0 radical (unpaired) electrons. The lowest BCUT2D eigenvalue weighted by molar-refractivity contribution is 0.0599. The average molecular weight is 338 g/mol. The molecule has 0 aliphatic heterocycles. The van der Waals surface area contributed by atoms with E-state index >= 15 is 0 Å². The first-order valence-electron chi connectivity index (χ1n) is 8.04. The van der Waals surface area contributed by atoms with Crippen LogP contribution >= 0.6 is 0 Å². The third-order valence-corrected chi connectivity index (χ3v) is 4.19. The fraction of sp³-hybridized carbons (Fsp3) is 0.556. The highest BCUT2D eigenvalue weighted by molar-refractivity contribution is 5.95. The van der Waals surface area contributed by atoms with Gasteiger partial charge in [-0.25, -0.2) is 9.59 Å². The van der Waals surface area contributed by atoms with Crippen molar-refractivity contribution in [2.24, 2.45) is 11.8 Å². The highest BCUT2D eigenvalue weighted by Gasteiger charge is 2.19. The van der Waals surface area contributed by atoms with Gasteiger partial charge in [-0.3, -0.25) is 0 Å². The van der Waals surface area contributed by atoms with Crippen LogP contribution in [0.4, 0.5) is 0 Å². The monoisotopic (exact) mass is 338 g/mol. The lowest BCUT2D eigenvalue weighted by Gasteiger charge is -2.25. The average Bonchev–Trinajstić information content (AvgIpc) is 2.67. The van der Waals surface area contributed by atoms with E-state index in [1.165, 1.54) is 20.3 Å². The Hall–Kier alpha value is -1.92. The molecule has 1 fully saturated rings. The van der Waals surface area contributed by atoms with Gasteiger partial charge in [-0.1, -0.05) is 6.07 Å². The molecule has 1 saturated carbocycles. The second-order valence-corrected chi connectivity index (χ2v) is 5.82. The van der Waals surface area contributed by atoms with Crippen molar-refractivity contribution in [3.63, 3.8) is 0 Å². The van der Waals surface area contributed by atoms with Gasteiger partial charge >= 0.3 is 11.9 Å². The fourth-order valence-corrected chi connectivity index (χ4v) is 2.61. The molecular weight excluding hydrogens is 312 g/mol. The van der Waals surface area contributed by atoms with Crippen LogP contribution in [-0.2, 0) is 9.47 Å². The molecule has 0 unspecified atom stereocenters. The quantitative estimate of drug-likeness (QED) is 0.816. The van der Waals surface area contributed by atoms with Crippen molar-refractivity contribution >= 4 is 11.9 Å². The molecule has 0 bridgehead atoms. The Bertz CT molecular complexity index is 477. The van der Waals surface area contributed by atoms with Gasteiger partial charge in [0.1, 0.15) is 0 Å². The highest BCUT2D eigenvalue weighted by Crippen LogP contribution is 2.27. The molecule has 0 amide bonds. The number of esters is 2. The van der Waals surface area contributed by atoms with Crippen molar-refractivity contribution in [3.8, 4) is 0 Å². The molecule has 0 spiro atoms. The van der Waals surface area contributed by atoms with Crippen molar-refractivity contribution in [2.75, 3.05) is 27.4 Å². The number of ether oxygens (including phenoxy) is 2. The van der Waals surface area contributed by atoms with E-state index in [1.54, 1.807) is 18.2 Å². The van der Waals surface area contributed by atoms with Crippen molar-refractivity contribution in [3.05, 3.63) is 35.4 Å². The summed E-state index contributed by atoms with van der Waals surface area (Å²) in [5.74, 6) is 0.0807. The second kappa shape index (κ2) is 10.8. The van der Waals surface area contributed by atoms with Crippen molar-refractivity contribution in [1.29, 1.82) is 0 Å². The summed E-state index contributed by atoms with van der Waals surface area (Å²) >= 11 is 0. The molecule has 2 rings (SSSR count). The van der Waals surface area contributed by atoms with Crippen LogP contribution in [0.15, 0.2) is 24.3 Å². The molecule has 1 aliphatic carbocycles. The molecule has 2 N–H and O–H groups in total. The number of aliphatic hydroxyl groups is 2. The maximum atomic E-state index is 11.1. The van der Waals surface area contributed by atoms with E-state index < -0.39 is 11.9 Å². The standard InChI is InChI=1S/C10H10O4.C8H16O2/c1-13-9(11)7-4-3-5-8(6-7)10(12)14-2;9-5-7-1-2-8(6-10)4-3-7/h3-6H,1-2H3;7-10H,1-6H2. The molecule has 24 heavy (non-hydrogen) atoms. The zero-order valence-electron chi connectivity index (χ0n) is 14.2. The zero-order valence-corrected chi connectivity index (χ0v) is 14.2. The minimum Gasteiger partial charge on any atom is -0.465 e. The normalized spacial score (nSPS) is 19.7. The van der Waals surface area contributed by atoms with Crippen LogP contribution in [0, 0.1) is 11.8 Å². The van der Waals surface area contributed by atoms with E-state index in [4.69, 9.17) is 10.2 Å². The minimum atomic E-state index is -0.476. The summed E-state index contributed by atoms with van der Waals surface area (Å²) in [6.45, 7) is 0.663. The molecule has 6 nitrogen and oxygen atoms in total. The predicted molar refractivity (Wildman–Crippen MR) is 88.7 cm³/mol. The molecule has 0 aromatic heterocycles. The van der Waals surface area contributed by atoms with Gasteiger partial charge in [-0.05, 0) is 55.7 Å². The molecule has 134 valence electrons. The Morgan fingerprint density at radius 1 is 0.917 bits per heavy atom. The van der Waals surface area contributed by atoms with Gasteiger partial charge in [0.05, 0.1) is 25.3 Å². The third-order valence-electron chi connectivity index (χ3n) is 4.19. The zero-order chi connectivity index (χ0) is 17.9. The van der Waals surface area contributed by atoms with Crippen molar-refractivity contribution in [2.45, 2.75) is 25.7 Å². The Morgan fingerprint density at radius 2 is 1.29 bits per heavy atom. The number of benzene rings is 1. The summed E-state index contributed by atoms with van der Waals surface area (Å²) in [4.78, 5) is 22.2. The SMILES string of the molecule is COC(=O)c1cccc(C(=O)OC)c1.OCC1CCC(CO)CC1. The maximum absolute atomic E-state index is 11.1. The van der Waals surface area contributed by atoms with Crippen LogP contribution in [0.3, 0.4) is 0 Å². The topological polar surface area (TPSA) is 93.1 Å². The third kappa shape index (κ3) is 6.29. The molecule has 6 heteroatoms. The number of aliphatic hydroxyl groups excluding tert-OH is 2. The maximum Gasteiger partial charge on any atom is 0.337 e. The van der Waals surface area contributed by atoms with E-state index in [1.807, 2.05) is 0 Å². The largest absolute Gasteiger partial charge is 0.465 e. The fourth-order valence-electron chi connectivity index (χ4n) is 2.61. The number of hydrogen-bond donors (Lipinski definition) is 2. The van der Waals surface area contributed by atoms with Gasteiger partial charge in [0.25, 0.3) is 0 Å². The van der Waals surface area contributed by atoms with E-state index in [-0.39, 0.29) is 0 Å². The van der Waals surface area contributed by atoms with Crippen molar-refractivity contribution in [1.82, 2.24) is 0 Å². The number of rotatable bonds is 4. The first-order chi connectivity index (χ1) is 11.5.